The molecule has 2 N–H and O–H groups in total. The Morgan fingerprint density at radius 2 is 1.80 bits per heavy atom. The smallest absolute Gasteiger partial charge is 0.240 e. The van der Waals surface area contributed by atoms with Crippen LogP contribution in [0, 0.1) is 0 Å². The van der Waals surface area contributed by atoms with Gasteiger partial charge < -0.3 is 10.6 Å². The summed E-state index contributed by atoms with van der Waals surface area (Å²) in [5, 5.41) is 6.43. The SMILES string of the molecule is CC(C)c1ccc(C(C)NC(=O)C2(C)CCCN2)cc1. The van der Waals surface area contributed by atoms with Crippen molar-refractivity contribution in [1.29, 1.82) is 0 Å². The molecule has 0 saturated carbocycles. The molecule has 1 fully saturated rings. The van der Waals surface area contributed by atoms with Crippen molar-refractivity contribution in [3.8, 4) is 0 Å². The van der Waals surface area contributed by atoms with Crippen LogP contribution >= 0.6 is 0 Å². The summed E-state index contributed by atoms with van der Waals surface area (Å²) >= 11 is 0. The second-order valence-electron chi connectivity index (χ2n) is 6.38. The molecule has 1 aliphatic rings. The monoisotopic (exact) mass is 274 g/mol. The standard InChI is InChI=1S/C17H26N2O/c1-12(2)14-6-8-15(9-7-14)13(3)19-16(20)17(4)10-5-11-18-17/h6-9,12-13,18H,5,10-11H2,1-4H3,(H,19,20). The Kier molecular flexibility index (Phi) is 4.48. The van der Waals surface area contributed by atoms with E-state index < -0.39 is 5.54 Å². The molecule has 1 aromatic carbocycles. The molecule has 0 aromatic heterocycles. The van der Waals surface area contributed by atoms with Gasteiger partial charge in [-0.25, -0.2) is 0 Å². The lowest BCUT2D eigenvalue weighted by Crippen LogP contribution is -2.51. The van der Waals surface area contributed by atoms with Gasteiger partial charge in [0.1, 0.15) is 0 Å². The number of hydrogen-bond acceptors (Lipinski definition) is 2. The Balaban J connectivity index is 2.00. The van der Waals surface area contributed by atoms with E-state index in [-0.39, 0.29) is 11.9 Å². The first-order valence-electron chi connectivity index (χ1n) is 7.58. The number of rotatable bonds is 4. The van der Waals surface area contributed by atoms with E-state index in [2.05, 4.69) is 48.7 Å². The van der Waals surface area contributed by atoms with Crippen LogP contribution in [0.3, 0.4) is 0 Å². The number of amides is 1. The zero-order valence-corrected chi connectivity index (χ0v) is 13.0. The summed E-state index contributed by atoms with van der Waals surface area (Å²) in [6, 6.07) is 8.58. The molecule has 0 spiro atoms. The number of carbonyl (C=O) groups excluding carboxylic acids is 1. The van der Waals surface area contributed by atoms with Gasteiger partial charge in [0.15, 0.2) is 0 Å². The molecule has 0 aliphatic carbocycles. The Bertz CT molecular complexity index is 458. The molecule has 1 heterocycles. The number of benzene rings is 1. The Hall–Kier alpha value is -1.35. The summed E-state index contributed by atoms with van der Waals surface area (Å²) in [6.07, 6.45) is 1.99. The maximum absolute atomic E-state index is 12.4. The van der Waals surface area contributed by atoms with Crippen LogP contribution in [-0.4, -0.2) is 18.0 Å². The van der Waals surface area contributed by atoms with Crippen molar-refractivity contribution in [3.63, 3.8) is 0 Å². The zero-order valence-electron chi connectivity index (χ0n) is 13.0. The minimum atomic E-state index is -0.397. The van der Waals surface area contributed by atoms with E-state index in [9.17, 15) is 4.79 Å². The van der Waals surface area contributed by atoms with Gasteiger partial charge in [0.2, 0.25) is 5.91 Å². The molecular formula is C17H26N2O. The first-order chi connectivity index (χ1) is 9.42. The van der Waals surface area contributed by atoms with Crippen molar-refractivity contribution < 1.29 is 4.79 Å². The molecule has 2 atom stereocenters. The summed E-state index contributed by atoms with van der Waals surface area (Å²) in [6.45, 7) is 9.34. The number of nitrogens with one attached hydrogen (secondary N) is 2. The quantitative estimate of drug-likeness (QED) is 0.885. The van der Waals surface area contributed by atoms with E-state index in [1.54, 1.807) is 0 Å². The molecule has 2 unspecified atom stereocenters. The minimum absolute atomic E-state index is 0.0444. The maximum atomic E-state index is 12.4. The fourth-order valence-electron chi connectivity index (χ4n) is 2.70. The molecule has 1 amide bonds. The second-order valence-corrected chi connectivity index (χ2v) is 6.38. The topological polar surface area (TPSA) is 41.1 Å². The van der Waals surface area contributed by atoms with Gasteiger partial charge in [0, 0.05) is 0 Å². The third kappa shape index (κ3) is 3.21. The molecule has 1 aliphatic heterocycles. The van der Waals surface area contributed by atoms with Crippen LogP contribution in [0.5, 0.6) is 0 Å². The van der Waals surface area contributed by atoms with Gasteiger partial charge in [0.05, 0.1) is 11.6 Å². The van der Waals surface area contributed by atoms with Gasteiger partial charge in [0.25, 0.3) is 0 Å². The lowest BCUT2D eigenvalue weighted by molar-refractivity contribution is -0.127. The summed E-state index contributed by atoms with van der Waals surface area (Å²) in [7, 11) is 0. The molecule has 2 rings (SSSR count). The molecule has 110 valence electrons. The van der Waals surface area contributed by atoms with Crippen LogP contribution in [0.2, 0.25) is 0 Å². The molecule has 3 heteroatoms. The van der Waals surface area contributed by atoms with E-state index in [0.29, 0.717) is 5.92 Å². The third-order valence-electron chi connectivity index (χ3n) is 4.32. The predicted molar refractivity (Wildman–Crippen MR) is 82.7 cm³/mol. The average Bonchev–Trinajstić information content (AvgIpc) is 2.87. The molecule has 1 saturated heterocycles. The van der Waals surface area contributed by atoms with Crippen LogP contribution in [0.25, 0.3) is 0 Å². The maximum Gasteiger partial charge on any atom is 0.240 e. The van der Waals surface area contributed by atoms with Gasteiger partial charge in [-0.2, -0.15) is 0 Å². The van der Waals surface area contributed by atoms with Crippen molar-refractivity contribution in [2.24, 2.45) is 0 Å². The van der Waals surface area contributed by atoms with Crippen LogP contribution in [0.15, 0.2) is 24.3 Å². The normalized spacial score (nSPS) is 23.9. The minimum Gasteiger partial charge on any atom is -0.348 e. The summed E-state index contributed by atoms with van der Waals surface area (Å²) < 4.78 is 0. The van der Waals surface area contributed by atoms with E-state index >= 15 is 0 Å². The average molecular weight is 274 g/mol. The van der Waals surface area contributed by atoms with Crippen molar-refractivity contribution in [1.82, 2.24) is 10.6 Å². The van der Waals surface area contributed by atoms with Crippen molar-refractivity contribution in [2.45, 2.75) is 58.0 Å². The Labute approximate surface area is 122 Å². The highest BCUT2D eigenvalue weighted by Crippen LogP contribution is 2.22. The van der Waals surface area contributed by atoms with Crippen LogP contribution in [0.1, 0.15) is 63.6 Å². The molecule has 20 heavy (non-hydrogen) atoms. The van der Waals surface area contributed by atoms with Crippen molar-refractivity contribution in [2.75, 3.05) is 6.54 Å². The summed E-state index contributed by atoms with van der Waals surface area (Å²) in [5.41, 5.74) is 2.09. The highest BCUT2D eigenvalue weighted by Gasteiger charge is 2.36. The highest BCUT2D eigenvalue weighted by molar-refractivity contribution is 5.86. The Morgan fingerprint density at radius 1 is 1.20 bits per heavy atom. The third-order valence-corrected chi connectivity index (χ3v) is 4.32. The first kappa shape index (κ1) is 15.0. The number of carbonyl (C=O) groups is 1. The van der Waals surface area contributed by atoms with Crippen LogP contribution < -0.4 is 10.6 Å². The predicted octanol–water partition coefficient (Wildman–Crippen LogP) is 3.13. The fraction of sp³-hybridized carbons (Fsp3) is 0.588. The van der Waals surface area contributed by atoms with E-state index in [0.717, 1.165) is 24.9 Å². The highest BCUT2D eigenvalue weighted by atomic mass is 16.2. The van der Waals surface area contributed by atoms with E-state index in [1.807, 2.05) is 13.8 Å². The molecule has 0 radical (unpaired) electrons. The summed E-state index contributed by atoms with van der Waals surface area (Å²) in [4.78, 5) is 12.4. The lowest BCUT2D eigenvalue weighted by atomic mass is 9.97. The largest absolute Gasteiger partial charge is 0.348 e. The molecule has 0 bridgehead atoms. The fourth-order valence-corrected chi connectivity index (χ4v) is 2.70. The van der Waals surface area contributed by atoms with E-state index in [1.165, 1.54) is 5.56 Å². The number of hydrogen-bond donors (Lipinski definition) is 2. The molecular weight excluding hydrogens is 248 g/mol. The second kappa shape index (κ2) is 5.96. The Morgan fingerprint density at radius 3 is 2.30 bits per heavy atom. The van der Waals surface area contributed by atoms with E-state index in [4.69, 9.17) is 0 Å². The molecule has 3 nitrogen and oxygen atoms in total. The van der Waals surface area contributed by atoms with Gasteiger partial charge in [-0.15, -0.1) is 0 Å². The van der Waals surface area contributed by atoms with Gasteiger partial charge in [-0.1, -0.05) is 38.1 Å². The first-order valence-corrected chi connectivity index (χ1v) is 7.58. The van der Waals surface area contributed by atoms with Gasteiger partial charge >= 0.3 is 0 Å². The van der Waals surface area contributed by atoms with Crippen LogP contribution in [-0.2, 0) is 4.79 Å². The van der Waals surface area contributed by atoms with Crippen molar-refractivity contribution in [3.05, 3.63) is 35.4 Å². The lowest BCUT2D eigenvalue weighted by Gasteiger charge is -2.26. The van der Waals surface area contributed by atoms with Gasteiger partial charge in [-0.3, -0.25) is 4.79 Å². The summed E-state index contributed by atoms with van der Waals surface area (Å²) in [5.74, 6) is 0.644. The van der Waals surface area contributed by atoms with Gasteiger partial charge in [-0.05, 0) is 50.3 Å². The molecule has 1 aromatic rings. The van der Waals surface area contributed by atoms with Crippen LogP contribution in [0.4, 0.5) is 0 Å². The van der Waals surface area contributed by atoms with Crippen molar-refractivity contribution >= 4 is 5.91 Å². The zero-order chi connectivity index (χ0) is 14.8.